The van der Waals surface area contributed by atoms with Gasteiger partial charge < -0.3 is 14.9 Å². The number of nitrogens with one attached hydrogen (secondary N) is 1. The Balaban J connectivity index is 2.05. The smallest absolute Gasteiger partial charge is 0.227 e. The normalized spacial score (nSPS) is 10.8. The van der Waals surface area contributed by atoms with Gasteiger partial charge in [0, 0.05) is 23.0 Å². The van der Waals surface area contributed by atoms with E-state index in [1.807, 2.05) is 18.2 Å². The number of hydrogen-bond donors (Lipinski definition) is 2. The molecule has 0 saturated carbocycles. The number of aliphatic hydroxyl groups is 1. The zero-order valence-electron chi connectivity index (χ0n) is 9.65. The average molecular weight is 313 g/mol. The summed E-state index contributed by atoms with van der Waals surface area (Å²) in [7, 11) is 0. The summed E-state index contributed by atoms with van der Waals surface area (Å²) in [5, 5.41) is 16.1. The van der Waals surface area contributed by atoms with Crippen LogP contribution in [0.4, 0.5) is 0 Å². The molecule has 1 amide bonds. The Bertz CT molecular complexity index is 553. The molecule has 0 aliphatic carbocycles. The molecule has 18 heavy (non-hydrogen) atoms. The lowest BCUT2D eigenvalue weighted by Crippen LogP contribution is -2.26. The molecule has 0 spiro atoms. The molecule has 0 saturated heterocycles. The van der Waals surface area contributed by atoms with Crippen molar-refractivity contribution in [2.75, 3.05) is 13.2 Å². The maximum absolute atomic E-state index is 11.6. The highest BCUT2D eigenvalue weighted by Gasteiger charge is 2.12. The van der Waals surface area contributed by atoms with E-state index >= 15 is 0 Å². The van der Waals surface area contributed by atoms with Crippen LogP contribution in [-0.2, 0) is 11.2 Å². The van der Waals surface area contributed by atoms with Crippen LogP contribution in [0.25, 0.3) is 10.9 Å². The topological polar surface area (TPSA) is 75.4 Å². The molecule has 1 aromatic carbocycles. The molecule has 0 atom stereocenters. The summed E-state index contributed by atoms with van der Waals surface area (Å²) < 4.78 is 6.08. The summed E-state index contributed by atoms with van der Waals surface area (Å²) in [5.41, 5.74) is 0.725. The summed E-state index contributed by atoms with van der Waals surface area (Å²) >= 11 is 3.35. The van der Waals surface area contributed by atoms with Gasteiger partial charge in [-0.25, -0.2) is 0 Å². The van der Waals surface area contributed by atoms with Crippen LogP contribution in [0, 0.1) is 0 Å². The van der Waals surface area contributed by atoms with E-state index in [1.54, 1.807) is 0 Å². The number of fused-ring (bicyclic) bond motifs is 1. The van der Waals surface area contributed by atoms with E-state index in [4.69, 9.17) is 9.63 Å². The first kappa shape index (κ1) is 13.0. The molecule has 0 fully saturated rings. The molecule has 2 rings (SSSR count). The van der Waals surface area contributed by atoms with Gasteiger partial charge in [-0.3, -0.25) is 4.79 Å². The number of amides is 1. The SMILES string of the molecule is O=C(Cc1onc2cc(Br)ccc12)NCCCO. The Morgan fingerprint density at radius 2 is 2.33 bits per heavy atom. The molecular formula is C12H13BrN2O3. The molecule has 5 nitrogen and oxygen atoms in total. The average Bonchev–Trinajstić information content (AvgIpc) is 2.72. The third-order valence-corrected chi connectivity index (χ3v) is 2.99. The van der Waals surface area contributed by atoms with Crippen molar-refractivity contribution in [3.05, 3.63) is 28.4 Å². The monoisotopic (exact) mass is 312 g/mol. The van der Waals surface area contributed by atoms with Crippen LogP contribution in [-0.4, -0.2) is 29.3 Å². The van der Waals surface area contributed by atoms with Crippen molar-refractivity contribution in [1.82, 2.24) is 10.5 Å². The second-order valence-electron chi connectivity index (χ2n) is 3.87. The van der Waals surface area contributed by atoms with Gasteiger partial charge in [0.2, 0.25) is 5.91 Å². The standard InChI is InChI=1S/C12H13BrN2O3/c13-8-2-3-9-10(6-8)15-18-11(9)7-12(17)14-4-1-5-16/h2-3,6,16H,1,4-5,7H2,(H,14,17). The van der Waals surface area contributed by atoms with E-state index in [9.17, 15) is 4.79 Å². The minimum absolute atomic E-state index is 0.0690. The summed E-state index contributed by atoms with van der Waals surface area (Å²) in [6.45, 7) is 0.534. The molecule has 0 bridgehead atoms. The highest BCUT2D eigenvalue weighted by atomic mass is 79.9. The number of hydrogen-bond acceptors (Lipinski definition) is 4. The second kappa shape index (κ2) is 5.97. The first-order valence-electron chi connectivity index (χ1n) is 5.62. The molecule has 0 aliphatic rings. The highest BCUT2D eigenvalue weighted by Crippen LogP contribution is 2.22. The highest BCUT2D eigenvalue weighted by molar-refractivity contribution is 9.10. The minimum Gasteiger partial charge on any atom is -0.396 e. The van der Waals surface area contributed by atoms with Gasteiger partial charge in [-0.1, -0.05) is 21.1 Å². The molecule has 0 radical (unpaired) electrons. The van der Waals surface area contributed by atoms with Crippen molar-refractivity contribution in [3.8, 4) is 0 Å². The number of nitrogens with zero attached hydrogens (tertiary/aromatic N) is 1. The predicted molar refractivity (Wildman–Crippen MR) is 70.1 cm³/mol. The van der Waals surface area contributed by atoms with Crippen LogP contribution in [0.1, 0.15) is 12.2 Å². The van der Waals surface area contributed by atoms with Crippen molar-refractivity contribution in [3.63, 3.8) is 0 Å². The largest absolute Gasteiger partial charge is 0.396 e. The lowest BCUT2D eigenvalue weighted by molar-refractivity contribution is -0.120. The second-order valence-corrected chi connectivity index (χ2v) is 4.79. The lowest BCUT2D eigenvalue weighted by Gasteiger charge is -2.01. The fourth-order valence-electron chi connectivity index (χ4n) is 1.61. The molecule has 2 aromatic rings. The van der Waals surface area contributed by atoms with Gasteiger partial charge in [0.25, 0.3) is 0 Å². The number of carbonyl (C=O) groups is 1. The number of aliphatic hydroxyl groups excluding tert-OH is 1. The van der Waals surface area contributed by atoms with Gasteiger partial charge in [0.1, 0.15) is 5.52 Å². The Morgan fingerprint density at radius 3 is 3.11 bits per heavy atom. The molecule has 96 valence electrons. The zero-order valence-corrected chi connectivity index (χ0v) is 11.2. The summed E-state index contributed by atoms with van der Waals surface area (Å²) in [4.78, 5) is 11.6. The van der Waals surface area contributed by atoms with Crippen LogP contribution in [0.15, 0.2) is 27.2 Å². The summed E-state index contributed by atoms with van der Waals surface area (Å²) in [6.07, 6.45) is 0.708. The maximum atomic E-state index is 11.6. The quantitative estimate of drug-likeness (QED) is 0.823. The van der Waals surface area contributed by atoms with E-state index in [2.05, 4.69) is 26.4 Å². The third kappa shape index (κ3) is 3.08. The van der Waals surface area contributed by atoms with Crippen LogP contribution in [0.2, 0.25) is 0 Å². The third-order valence-electron chi connectivity index (χ3n) is 2.49. The van der Waals surface area contributed by atoms with Gasteiger partial charge >= 0.3 is 0 Å². The molecule has 2 N–H and O–H groups in total. The van der Waals surface area contributed by atoms with E-state index in [-0.39, 0.29) is 18.9 Å². The number of carbonyl (C=O) groups excluding carboxylic acids is 1. The number of benzene rings is 1. The van der Waals surface area contributed by atoms with E-state index in [0.29, 0.717) is 18.7 Å². The van der Waals surface area contributed by atoms with Crippen molar-refractivity contribution < 1.29 is 14.4 Å². The van der Waals surface area contributed by atoms with Crippen molar-refractivity contribution >= 4 is 32.7 Å². The molecule has 0 unspecified atom stereocenters. The minimum atomic E-state index is -0.135. The van der Waals surface area contributed by atoms with Crippen molar-refractivity contribution in [1.29, 1.82) is 0 Å². The Hall–Kier alpha value is -1.40. The van der Waals surface area contributed by atoms with Gasteiger partial charge in [0.05, 0.1) is 6.42 Å². The first-order valence-corrected chi connectivity index (χ1v) is 6.41. The summed E-state index contributed by atoms with van der Waals surface area (Å²) in [5.74, 6) is 0.420. The van der Waals surface area contributed by atoms with Crippen molar-refractivity contribution in [2.45, 2.75) is 12.8 Å². The van der Waals surface area contributed by atoms with Crippen molar-refractivity contribution in [2.24, 2.45) is 0 Å². The number of aromatic nitrogens is 1. The van der Waals surface area contributed by atoms with E-state index < -0.39 is 0 Å². The van der Waals surface area contributed by atoms with Gasteiger partial charge in [0.15, 0.2) is 5.76 Å². The van der Waals surface area contributed by atoms with Crippen LogP contribution < -0.4 is 5.32 Å². The maximum Gasteiger partial charge on any atom is 0.227 e. The fraction of sp³-hybridized carbons (Fsp3) is 0.333. The molecule has 1 heterocycles. The van der Waals surface area contributed by atoms with E-state index in [0.717, 1.165) is 15.4 Å². The molecule has 0 aliphatic heterocycles. The predicted octanol–water partition coefficient (Wildman–Crippen LogP) is 1.63. The zero-order chi connectivity index (χ0) is 13.0. The molecule has 1 aromatic heterocycles. The van der Waals surface area contributed by atoms with E-state index in [1.165, 1.54) is 0 Å². The summed E-state index contributed by atoms with van der Waals surface area (Å²) in [6, 6.07) is 5.59. The van der Waals surface area contributed by atoms with Gasteiger partial charge in [-0.05, 0) is 24.6 Å². The van der Waals surface area contributed by atoms with Gasteiger partial charge in [-0.2, -0.15) is 0 Å². The fourth-order valence-corrected chi connectivity index (χ4v) is 1.96. The van der Waals surface area contributed by atoms with Gasteiger partial charge in [-0.15, -0.1) is 0 Å². The Morgan fingerprint density at radius 1 is 1.50 bits per heavy atom. The van der Waals surface area contributed by atoms with Crippen LogP contribution in [0.5, 0.6) is 0 Å². The van der Waals surface area contributed by atoms with Crippen LogP contribution >= 0.6 is 15.9 Å². The Labute approximate surface area is 112 Å². The Kier molecular flexibility index (Phi) is 4.33. The lowest BCUT2D eigenvalue weighted by atomic mass is 10.2. The first-order chi connectivity index (χ1) is 8.70. The number of rotatable bonds is 5. The molecule has 6 heteroatoms. The van der Waals surface area contributed by atoms with Crippen LogP contribution in [0.3, 0.4) is 0 Å². The molecular weight excluding hydrogens is 300 g/mol. The number of halogens is 1.